The monoisotopic (exact) mass is 338 g/mol. The first-order chi connectivity index (χ1) is 10.5. The number of benzene rings is 1. The molecule has 0 radical (unpaired) electrons. The zero-order valence-corrected chi connectivity index (χ0v) is 13.9. The lowest BCUT2D eigenvalue weighted by Gasteiger charge is -2.17. The highest BCUT2D eigenvalue weighted by Crippen LogP contribution is 2.19. The average molecular weight is 339 g/mol. The van der Waals surface area contributed by atoms with E-state index in [4.69, 9.17) is 27.9 Å². The minimum absolute atomic E-state index is 0.155. The first-order valence-electron chi connectivity index (χ1n) is 6.80. The summed E-state index contributed by atoms with van der Waals surface area (Å²) in [5.41, 5.74) is 1.14. The van der Waals surface area contributed by atoms with E-state index in [1.54, 1.807) is 24.1 Å². The Labute approximate surface area is 139 Å². The Balaban J connectivity index is 2.09. The molecule has 2 rings (SSSR count). The van der Waals surface area contributed by atoms with Crippen LogP contribution in [0.4, 0.5) is 0 Å². The van der Waals surface area contributed by atoms with E-state index in [0.717, 1.165) is 11.3 Å². The van der Waals surface area contributed by atoms with E-state index < -0.39 is 0 Å². The highest BCUT2D eigenvalue weighted by molar-refractivity contribution is 6.34. The molecule has 0 saturated heterocycles. The highest BCUT2D eigenvalue weighted by atomic mass is 35.5. The number of hydrogen-bond acceptors (Lipinski definition) is 3. The fourth-order valence-electron chi connectivity index (χ4n) is 1.95. The SMILES string of the molecule is CCOc1ccc(CN(C)C(=O)c2nc(Cl)ccc2Cl)cc1. The van der Waals surface area contributed by atoms with Crippen LogP contribution in [0, 0.1) is 0 Å². The van der Waals surface area contributed by atoms with E-state index in [2.05, 4.69) is 4.98 Å². The van der Waals surface area contributed by atoms with E-state index in [-0.39, 0.29) is 21.8 Å². The molecule has 0 unspecified atom stereocenters. The number of nitrogens with zero attached hydrogens (tertiary/aromatic N) is 2. The molecule has 1 heterocycles. The maximum atomic E-state index is 12.4. The zero-order valence-electron chi connectivity index (χ0n) is 12.3. The fraction of sp³-hybridized carbons (Fsp3) is 0.250. The molecule has 116 valence electrons. The van der Waals surface area contributed by atoms with Crippen LogP contribution in [0.3, 0.4) is 0 Å². The molecule has 0 atom stereocenters. The fourth-order valence-corrected chi connectivity index (χ4v) is 2.29. The smallest absolute Gasteiger partial charge is 0.274 e. The van der Waals surface area contributed by atoms with Crippen molar-refractivity contribution in [2.75, 3.05) is 13.7 Å². The van der Waals surface area contributed by atoms with Gasteiger partial charge in [0.25, 0.3) is 5.91 Å². The van der Waals surface area contributed by atoms with Gasteiger partial charge in [-0.3, -0.25) is 4.79 Å². The third-order valence-electron chi connectivity index (χ3n) is 3.02. The molecule has 1 aromatic carbocycles. The van der Waals surface area contributed by atoms with Crippen LogP contribution in [0.1, 0.15) is 23.0 Å². The number of carbonyl (C=O) groups excluding carboxylic acids is 1. The van der Waals surface area contributed by atoms with Gasteiger partial charge in [-0.1, -0.05) is 35.3 Å². The van der Waals surface area contributed by atoms with Crippen LogP contribution in [-0.2, 0) is 6.54 Å². The minimum atomic E-state index is -0.276. The van der Waals surface area contributed by atoms with Crippen molar-refractivity contribution in [1.29, 1.82) is 0 Å². The first-order valence-corrected chi connectivity index (χ1v) is 7.56. The van der Waals surface area contributed by atoms with Crippen LogP contribution in [0.15, 0.2) is 36.4 Å². The van der Waals surface area contributed by atoms with Crippen molar-refractivity contribution >= 4 is 29.1 Å². The van der Waals surface area contributed by atoms with E-state index >= 15 is 0 Å². The maximum absolute atomic E-state index is 12.4. The normalized spacial score (nSPS) is 10.4. The minimum Gasteiger partial charge on any atom is -0.494 e. The molecule has 6 heteroatoms. The van der Waals surface area contributed by atoms with E-state index in [1.807, 2.05) is 31.2 Å². The summed E-state index contributed by atoms with van der Waals surface area (Å²) in [5, 5.41) is 0.523. The average Bonchev–Trinajstić information content (AvgIpc) is 2.51. The van der Waals surface area contributed by atoms with Crippen LogP contribution in [-0.4, -0.2) is 29.4 Å². The van der Waals surface area contributed by atoms with Crippen LogP contribution < -0.4 is 4.74 Å². The van der Waals surface area contributed by atoms with Gasteiger partial charge in [0.2, 0.25) is 0 Å². The number of pyridine rings is 1. The molecule has 1 amide bonds. The van der Waals surface area contributed by atoms with E-state index in [0.29, 0.717) is 13.2 Å². The van der Waals surface area contributed by atoms with Gasteiger partial charge in [-0.05, 0) is 36.8 Å². The number of aromatic nitrogens is 1. The predicted octanol–water partition coefficient (Wildman–Crippen LogP) is 4.06. The van der Waals surface area contributed by atoms with Crippen LogP contribution in [0.5, 0.6) is 5.75 Å². The summed E-state index contributed by atoms with van der Waals surface area (Å²) in [7, 11) is 1.69. The molecule has 22 heavy (non-hydrogen) atoms. The van der Waals surface area contributed by atoms with Crippen molar-refractivity contribution < 1.29 is 9.53 Å². The molecule has 4 nitrogen and oxygen atoms in total. The predicted molar refractivity (Wildman–Crippen MR) is 87.7 cm³/mol. The summed E-state index contributed by atoms with van der Waals surface area (Å²) in [5.74, 6) is 0.529. The van der Waals surface area contributed by atoms with Crippen LogP contribution in [0.25, 0.3) is 0 Å². The standard InChI is InChI=1S/C16H16Cl2N2O2/c1-3-22-12-6-4-11(5-7-12)10-20(2)16(21)15-13(17)8-9-14(18)19-15/h4-9H,3,10H2,1-2H3. The molecule has 0 N–H and O–H groups in total. The molecule has 0 saturated carbocycles. The number of amides is 1. The second kappa shape index (κ2) is 7.47. The topological polar surface area (TPSA) is 42.4 Å². The number of rotatable bonds is 5. The van der Waals surface area contributed by atoms with Crippen molar-refractivity contribution in [2.45, 2.75) is 13.5 Å². The molecular formula is C16H16Cl2N2O2. The Hall–Kier alpha value is -1.78. The molecule has 0 fully saturated rings. The van der Waals surface area contributed by atoms with Gasteiger partial charge < -0.3 is 9.64 Å². The molecule has 0 bridgehead atoms. The van der Waals surface area contributed by atoms with Crippen molar-refractivity contribution in [2.24, 2.45) is 0 Å². The molecule has 0 aliphatic rings. The van der Waals surface area contributed by atoms with Crippen LogP contribution in [0.2, 0.25) is 10.2 Å². The van der Waals surface area contributed by atoms with Gasteiger partial charge in [-0.25, -0.2) is 4.98 Å². The van der Waals surface area contributed by atoms with E-state index in [1.165, 1.54) is 0 Å². The summed E-state index contributed by atoms with van der Waals surface area (Å²) >= 11 is 11.8. The molecule has 0 spiro atoms. The molecule has 0 aliphatic carbocycles. The quantitative estimate of drug-likeness (QED) is 0.772. The summed E-state index contributed by atoms with van der Waals surface area (Å²) in [6.45, 7) is 2.99. The largest absolute Gasteiger partial charge is 0.494 e. The first kappa shape index (κ1) is 16.6. The number of carbonyl (C=O) groups is 1. The lowest BCUT2D eigenvalue weighted by molar-refractivity contribution is 0.0779. The van der Waals surface area contributed by atoms with Gasteiger partial charge in [-0.2, -0.15) is 0 Å². The third kappa shape index (κ3) is 4.12. The van der Waals surface area contributed by atoms with Crippen molar-refractivity contribution in [3.63, 3.8) is 0 Å². The summed E-state index contributed by atoms with van der Waals surface area (Å²) in [4.78, 5) is 17.9. The van der Waals surface area contributed by atoms with E-state index in [9.17, 15) is 4.79 Å². The summed E-state index contributed by atoms with van der Waals surface area (Å²) in [6, 6.07) is 10.7. The number of halogens is 2. The Morgan fingerprint density at radius 3 is 2.50 bits per heavy atom. The van der Waals surface area contributed by atoms with Gasteiger partial charge in [0.1, 0.15) is 16.6 Å². The van der Waals surface area contributed by atoms with Crippen LogP contribution >= 0.6 is 23.2 Å². The Morgan fingerprint density at radius 2 is 1.86 bits per heavy atom. The summed E-state index contributed by atoms with van der Waals surface area (Å²) < 4.78 is 5.39. The highest BCUT2D eigenvalue weighted by Gasteiger charge is 2.17. The van der Waals surface area contributed by atoms with Gasteiger partial charge in [0.15, 0.2) is 0 Å². The van der Waals surface area contributed by atoms with Crippen molar-refractivity contribution in [3.8, 4) is 5.75 Å². The van der Waals surface area contributed by atoms with Crippen molar-refractivity contribution in [1.82, 2.24) is 9.88 Å². The van der Waals surface area contributed by atoms with Gasteiger partial charge in [0, 0.05) is 13.6 Å². The van der Waals surface area contributed by atoms with Gasteiger partial charge in [0.05, 0.1) is 11.6 Å². The lowest BCUT2D eigenvalue weighted by Crippen LogP contribution is -2.27. The molecule has 2 aromatic rings. The van der Waals surface area contributed by atoms with Gasteiger partial charge >= 0.3 is 0 Å². The Morgan fingerprint density at radius 1 is 1.18 bits per heavy atom. The Bertz CT molecular complexity index is 660. The third-order valence-corrected chi connectivity index (χ3v) is 3.53. The Kier molecular flexibility index (Phi) is 5.63. The van der Waals surface area contributed by atoms with Crippen molar-refractivity contribution in [3.05, 3.63) is 57.8 Å². The summed E-state index contributed by atoms with van der Waals surface area (Å²) in [6.07, 6.45) is 0. The zero-order chi connectivity index (χ0) is 16.1. The second-order valence-electron chi connectivity index (χ2n) is 4.70. The lowest BCUT2D eigenvalue weighted by atomic mass is 10.2. The second-order valence-corrected chi connectivity index (χ2v) is 5.50. The molecular weight excluding hydrogens is 323 g/mol. The molecule has 1 aromatic heterocycles. The van der Waals surface area contributed by atoms with Gasteiger partial charge in [-0.15, -0.1) is 0 Å². The maximum Gasteiger partial charge on any atom is 0.274 e. The molecule has 0 aliphatic heterocycles. The number of ether oxygens (including phenoxy) is 1. The number of hydrogen-bond donors (Lipinski definition) is 0.